The second kappa shape index (κ2) is 6.64. The normalized spacial score (nSPS) is 10.3. The average molecular weight is 333 g/mol. The number of ether oxygens (including phenoxy) is 2. The number of hydrogen-bond acceptors (Lipinski definition) is 4. The number of hydrogen-bond donors (Lipinski definition) is 0. The number of halogens is 2. The third-order valence-electron chi connectivity index (χ3n) is 2.63. The molecule has 0 radical (unpaired) electrons. The number of nitrogens with zero attached hydrogens (tertiary/aromatic N) is 2. The summed E-state index contributed by atoms with van der Waals surface area (Å²) in [5.74, 6) is 1.97. The smallest absolute Gasteiger partial charge is 0.220 e. The third-order valence-corrected chi connectivity index (χ3v) is 3.05. The molecule has 3 aromatic rings. The van der Waals surface area contributed by atoms with Crippen LogP contribution in [0.1, 0.15) is 0 Å². The number of benzene rings is 1. The van der Waals surface area contributed by atoms with Gasteiger partial charge in [-0.3, -0.25) is 0 Å². The second-order valence-electron chi connectivity index (χ2n) is 4.28. The topological polar surface area (TPSA) is 44.2 Å². The maximum absolute atomic E-state index is 5.83. The summed E-state index contributed by atoms with van der Waals surface area (Å²) in [6.07, 6.45) is 0. The number of aromatic nitrogens is 2. The van der Waals surface area contributed by atoms with Crippen molar-refractivity contribution in [3.05, 3.63) is 71.0 Å². The number of rotatable bonds is 4. The first-order valence-corrected chi connectivity index (χ1v) is 7.15. The first-order chi connectivity index (χ1) is 10.7. The average Bonchev–Trinajstić information content (AvgIpc) is 2.47. The van der Waals surface area contributed by atoms with E-state index in [1.165, 1.54) is 0 Å². The van der Waals surface area contributed by atoms with E-state index in [0.717, 1.165) is 0 Å². The summed E-state index contributed by atoms with van der Waals surface area (Å²) in [6.45, 7) is 0. The summed E-state index contributed by atoms with van der Waals surface area (Å²) in [4.78, 5) is 8.13. The quantitative estimate of drug-likeness (QED) is 0.602. The van der Waals surface area contributed by atoms with Gasteiger partial charge in [-0.25, -0.2) is 9.97 Å². The zero-order chi connectivity index (χ0) is 15.4. The van der Waals surface area contributed by atoms with Crippen LogP contribution in [0, 0.1) is 0 Å². The van der Waals surface area contributed by atoms with Gasteiger partial charge in [0, 0.05) is 18.2 Å². The van der Waals surface area contributed by atoms with Crippen LogP contribution >= 0.6 is 23.2 Å². The van der Waals surface area contributed by atoms with Crippen molar-refractivity contribution in [3.8, 4) is 23.3 Å². The molecule has 3 rings (SSSR count). The van der Waals surface area contributed by atoms with E-state index in [1.807, 2.05) is 0 Å². The molecule has 0 aliphatic carbocycles. The predicted octanol–water partition coefficient (Wildman–Crippen LogP) is 5.37. The highest BCUT2D eigenvalue weighted by Gasteiger charge is 2.04. The fourth-order valence-electron chi connectivity index (χ4n) is 1.74. The highest BCUT2D eigenvalue weighted by atomic mass is 35.5. The summed E-state index contributed by atoms with van der Waals surface area (Å²) in [5.41, 5.74) is 0. The van der Waals surface area contributed by atoms with Crippen LogP contribution in [0.5, 0.6) is 23.3 Å². The van der Waals surface area contributed by atoms with Crippen LogP contribution < -0.4 is 9.47 Å². The Labute approximate surface area is 137 Å². The first kappa shape index (κ1) is 14.6. The largest absolute Gasteiger partial charge is 0.439 e. The van der Waals surface area contributed by atoms with Gasteiger partial charge in [-0.15, -0.1) is 0 Å². The molecule has 2 aromatic heterocycles. The van der Waals surface area contributed by atoms with Crippen LogP contribution in [-0.4, -0.2) is 9.97 Å². The Morgan fingerprint density at radius 2 is 1.09 bits per heavy atom. The van der Waals surface area contributed by atoms with Gasteiger partial charge in [-0.1, -0.05) is 41.4 Å². The van der Waals surface area contributed by atoms with Crippen molar-refractivity contribution < 1.29 is 9.47 Å². The van der Waals surface area contributed by atoms with Gasteiger partial charge in [0.15, 0.2) is 0 Å². The molecule has 0 atom stereocenters. The van der Waals surface area contributed by atoms with E-state index >= 15 is 0 Å². The van der Waals surface area contributed by atoms with Crippen molar-refractivity contribution in [2.24, 2.45) is 0 Å². The van der Waals surface area contributed by atoms with Gasteiger partial charge in [0.05, 0.1) is 0 Å². The Hall–Kier alpha value is -2.30. The Morgan fingerprint density at radius 3 is 1.55 bits per heavy atom. The minimum Gasteiger partial charge on any atom is -0.439 e. The molecule has 0 bridgehead atoms. The molecule has 6 heteroatoms. The molecule has 110 valence electrons. The van der Waals surface area contributed by atoms with Gasteiger partial charge in [0.1, 0.15) is 21.8 Å². The number of pyridine rings is 2. The van der Waals surface area contributed by atoms with Gasteiger partial charge < -0.3 is 9.47 Å². The van der Waals surface area contributed by atoms with Crippen molar-refractivity contribution in [2.45, 2.75) is 0 Å². The van der Waals surface area contributed by atoms with Gasteiger partial charge >= 0.3 is 0 Å². The fourth-order valence-corrected chi connectivity index (χ4v) is 2.05. The third kappa shape index (κ3) is 3.87. The maximum atomic E-state index is 5.83. The summed E-state index contributed by atoms with van der Waals surface area (Å²) in [5, 5.41) is 0.737. The molecule has 1 aromatic carbocycles. The Morgan fingerprint density at radius 1 is 0.636 bits per heavy atom. The zero-order valence-corrected chi connectivity index (χ0v) is 12.8. The zero-order valence-electron chi connectivity index (χ0n) is 11.2. The molecular formula is C16H10Cl2N2O2. The van der Waals surface area contributed by atoms with E-state index in [4.69, 9.17) is 32.7 Å². The van der Waals surface area contributed by atoms with E-state index in [0.29, 0.717) is 33.6 Å². The van der Waals surface area contributed by atoms with Crippen LogP contribution in [-0.2, 0) is 0 Å². The minimum atomic E-state index is 0.369. The molecule has 0 N–H and O–H groups in total. The predicted molar refractivity (Wildman–Crippen MR) is 85.1 cm³/mol. The molecule has 0 unspecified atom stereocenters. The molecule has 0 aliphatic heterocycles. The van der Waals surface area contributed by atoms with Crippen molar-refractivity contribution in [3.63, 3.8) is 0 Å². The second-order valence-corrected chi connectivity index (χ2v) is 5.05. The molecule has 0 saturated carbocycles. The molecule has 0 amide bonds. The molecule has 22 heavy (non-hydrogen) atoms. The molecule has 0 spiro atoms. The Balaban J connectivity index is 1.78. The first-order valence-electron chi connectivity index (χ1n) is 6.40. The highest BCUT2D eigenvalue weighted by Crippen LogP contribution is 2.27. The van der Waals surface area contributed by atoms with Crippen molar-refractivity contribution >= 4 is 23.2 Å². The lowest BCUT2D eigenvalue weighted by Gasteiger charge is -2.08. The molecule has 0 saturated heterocycles. The van der Waals surface area contributed by atoms with E-state index < -0.39 is 0 Å². The van der Waals surface area contributed by atoms with E-state index in [2.05, 4.69) is 9.97 Å². The monoisotopic (exact) mass is 332 g/mol. The van der Waals surface area contributed by atoms with E-state index in [9.17, 15) is 0 Å². The van der Waals surface area contributed by atoms with E-state index in [-0.39, 0.29) is 0 Å². The highest BCUT2D eigenvalue weighted by molar-refractivity contribution is 6.29. The summed E-state index contributed by atoms with van der Waals surface area (Å²) in [7, 11) is 0. The molecular weight excluding hydrogens is 323 g/mol. The lowest BCUT2D eigenvalue weighted by molar-refractivity contribution is 0.442. The Kier molecular flexibility index (Phi) is 4.42. The Bertz CT molecular complexity index is 734. The molecule has 0 aliphatic rings. The summed E-state index contributed by atoms with van der Waals surface area (Å²) in [6, 6.07) is 17.4. The van der Waals surface area contributed by atoms with Gasteiger partial charge in [0.25, 0.3) is 0 Å². The van der Waals surface area contributed by atoms with Crippen molar-refractivity contribution in [1.29, 1.82) is 0 Å². The van der Waals surface area contributed by atoms with E-state index in [1.54, 1.807) is 60.7 Å². The summed E-state index contributed by atoms with van der Waals surface area (Å²) >= 11 is 11.7. The molecule has 0 fully saturated rings. The van der Waals surface area contributed by atoms with Gasteiger partial charge in [-0.05, 0) is 24.3 Å². The molecule has 4 nitrogen and oxygen atoms in total. The van der Waals surface area contributed by atoms with Crippen molar-refractivity contribution in [1.82, 2.24) is 9.97 Å². The lowest BCUT2D eigenvalue weighted by Crippen LogP contribution is -1.90. The van der Waals surface area contributed by atoms with Gasteiger partial charge in [0.2, 0.25) is 11.8 Å². The SMILES string of the molecule is Clc1cccc(Oc2cccc(Oc3cccc(Cl)n3)c2)n1. The van der Waals surface area contributed by atoms with Gasteiger partial charge in [-0.2, -0.15) is 0 Å². The summed E-state index contributed by atoms with van der Waals surface area (Å²) < 4.78 is 11.3. The van der Waals surface area contributed by atoms with Crippen LogP contribution in [0.2, 0.25) is 10.3 Å². The molecule has 2 heterocycles. The minimum absolute atomic E-state index is 0.369. The lowest BCUT2D eigenvalue weighted by atomic mass is 10.3. The van der Waals surface area contributed by atoms with Crippen LogP contribution in [0.3, 0.4) is 0 Å². The van der Waals surface area contributed by atoms with Crippen LogP contribution in [0.25, 0.3) is 0 Å². The van der Waals surface area contributed by atoms with Crippen molar-refractivity contribution in [2.75, 3.05) is 0 Å². The van der Waals surface area contributed by atoms with Crippen LogP contribution in [0.15, 0.2) is 60.7 Å². The maximum Gasteiger partial charge on any atom is 0.220 e. The standard InChI is InChI=1S/C16H10Cl2N2O2/c17-13-6-2-8-15(19-13)21-11-4-1-5-12(10-11)22-16-9-3-7-14(18)20-16/h1-10H. The van der Waals surface area contributed by atoms with Crippen LogP contribution in [0.4, 0.5) is 0 Å². The fraction of sp³-hybridized carbons (Fsp3) is 0.